The minimum atomic E-state index is -1.60. The molecule has 0 heterocycles. The van der Waals surface area contributed by atoms with Crippen molar-refractivity contribution in [2.24, 2.45) is 44.3 Å². The van der Waals surface area contributed by atoms with Gasteiger partial charge in [0.2, 0.25) is 5.91 Å². The topological polar surface area (TPSA) is 107 Å². The number of aliphatic hydroxyl groups is 1. The fraction of sp³-hybridized carbons (Fsp3) is 0.750. The van der Waals surface area contributed by atoms with Crippen LogP contribution in [0.4, 0.5) is 0 Å². The fourth-order valence-electron chi connectivity index (χ4n) is 10.3. The molecule has 38 heavy (non-hydrogen) atoms. The molecule has 0 radical (unpaired) electrons. The molecule has 0 aliphatic heterocycles. The average molecular weight is 521 g/mol. The van der Waals surface area contributed by atoms with E-state index in [4.69, 9.17) is 0 Å². The lowest BCUT2D eigenvalue weighted by atomic mass is 9.33. The third-order valence-corrected chi connectivity index (χ3v) is 13.0. The van der Waals surface area contributed by atoms with Gasteiger partial charge in [0.15, 0.2) is 11.6 Å². The van der Waals surface area contributed by atoms with Crippen LogP contribution in [0, 0.1) is 55.7 Å². The summed E-state index contributed by atoms with van der Waals surface area (Å²) in [5.41, 5.74) is -3.95. The van der Waals surface area contributed by atoms with Gasteiger partial charge in [-0.05, 0) is 73.3 Å². The Kier molecular flexibility index (Phi) is 5.52. The monoisotopic (exact) mass is 520 g/mol. The molecule has 206 valence electrons. The van der Waals surface area contributed by atoms with Crippen LogP contribution in [0.25, 0.3) is 0 Å². The fourth-order valence-corrected chi connectivity index (χ4v) is 10.3. The summed E-state index contributed by atoms with van der Waals surface area (Å²) in [6.45, 7) is 14.4. The Morgan fingerprint density at radius 1 is 1.00 bits per heavy atom. The van der Waals surface area contributed by atoms with Crippen molar-refractivity contribution in [2.75, 3.05) is 7.05 Å². The molecule has 3 saturated carbocycles. The highest BCUT2D eigenvalue weighted by Crippen LogP contribution is 2.75. The van der Waals surface area contributed by atoms with E-state index in [9.17, 15) is 24.8 Å². The number of carbonyl (C=O) groups is 3. The van der Waals surface area contributed by atoms with Gasteiger partial charge in [-0.1, -0.05) is 54.5 Å². The van der Waals surface area contributed by atoms with Gasteiger partial charge < -0.3 is 10.4 Å². The number of hydrogen-bond donors (Lipinski definition) is 2. The molecule has 0 unspecified atom stereocenters. The number of Topliss-reactive ketones (excluding diaryl/α,β-unsaturated/α-hetero) is 1. The summed E-state index contributed by atoms with van der Waals surface area (Å²) in [4.78, 5) is 40.6. The second-order valence-electron chi connectivity index (χ2n) is 15.0. The number of nitrogens with zero attached hydrogens (tertiary/aromatic N) is 1. The lowest BCUT2D eigenvalue weighted by molar-refractivity contribution is -0.242. The Balaban J connectivity index is 1.71. The number of rotatable bonds is 1. The van der Waals surface area contributed by atoms with Gasteiger partial charge in [-0.2, -0.15) is 5.26 Å². The summed E-state index contributed by atoms with van der Waals surface area (Å²) in [5, 5.41) is 25.5. The van der Waals surface area contributed by atoms with E-state index in [0.29, 0.717) is 12.8 Å². The first kappa shape index (κ1) is 27.3. The molecule has 0 aromatic rings. The maximum atomic E-state index is 14.4. The molecule has 3 fully saturated rings. The van der Waals surface area contributed by atoms with Crippen LogP contribution in [-0.4, -0.2) is 35.2 Å². The van der Waals surface area contributed by atoms with Crippen molar-refractivity contribution < 1.29 is 19.5 Å². The van der Waals surface area contributed by atoms with E-state index in [1.165, 1.54) is 0 Å². The Morgan fingerprint density at radius 2 is 1.63 bits per heavy atom. The highest BCUT2D eigenvalue weighted by atomic mass is 16.3. The molecule has 5 aliphatic carbocycles. The molecule has 6 heteroatoms. The summed E-state index contributed by atoms with van der Waals surface area (Å²) in [5.74, 6) is -0.806. The smallest absolute Gasteiger partial charge is 0.225 e. The van der Waals surface area contributed by atoms with E-state index >= 15 is 0 Å². The zero-order chi connectivity index (χ0) is 28.3. The molecule has 0 aromatic heterocycles. The molecule has 2 N–H and O–H groups in total. The van der Waals surface area contributed by atoms with E-state index in [0.717, 1.165) is 37.7 Å². The molecule has 1 amide bonds. The largest absolute Gasteiger partial charge is 0.381 e. The van der Waals surface area contributed by atoms with Crippen LogP contribution >= 0.6 is 0 Å². The van der Waals surface area contributed by atoms with E-state index in [1.807, 2.05) is 26.8 Å². The van der Waals surface area contributed by atoms with Crippen molar-refractivity contribution in [3.8, 4) is 6.07 Å². The number of amides is 1. The highest BCUT2D eigenvalue weighted by molar-refractivity contribution is 6.05. The zero-order valence-corrected chi connectivity index (χ0v) is 24.4. The van der Waals surface area contributed by atoms with Crippen LogP contribution in [0.1, 0.15) is 93.4 Å². The Hall–Kier alpha value is -2.26. The Bertz CT molecular complexity index is 1260. The molecular weight excluding hydrogens is 476 g/mol. The van der Waals surface area contributed by atoms with Gasteiger partial charge in [-0.25, -0.2) is 0 Å². The number of hydrogen-bond acceptors (Lipinski definition) is 5. The van der Waals surface area contributed by atoms with Crippen LogP contribution < -0.4 is 5.32 Å². The molecule has 5 rings (SSSR count). The highest BCUT2D eigenvalue weighted by Gasteiger charge is 2.75. The quantitative estimate of drug-likeness (QED) is 0.502. The van der Waals surface area contributed by atoms with Gasteiger partial charge in [-0.3, -0.25) is 14.4 Å². The van der Waals surface area contributed by atoms with Crippen molar-refractivity contribution in [1.82, 2.24) is 5.32 Å². The maximum Gasteiger partial charge on any atom is 0.225 e. The number of allylic oxidation sites excluding steroid dienone is 3. The van der Waals surface area contributed by atoms with Crippen molar-refractivity contribution in [2.45, 2.75) is 99.0 Å². The van der Waals surface area contributed by atoms with Crippen LogP contribution in [0.5, 0.6) is 0 Å². The van der Waals surface area contributed by atoms with Gasteiger partial charge >= 0.3 is 0 Å². The average Bonchev–Trinajstić information content (AvgIpc) is 2.86. The minimum absolute atomic E-state index is 0.0302. The Morgan fingerprint density at radius 3 is 2.24 bits per heavy atom. The molecule has 0 bridgehead atoms. The van der Waals surface area contributed by atoms with E-state index < -0.39 is 32.7 Å². The van der Waals surface area contributed by atoms with Gasteiger partial charge in [0.05, 0.1) is 5.57 Å². The second-order valence-corrected chi connectivity index (χ2v) is 15.0. The van der Waals surface area contributed by atoms with Gasteiger partial charge in [0, 0.05) is 34.6 Å². The normalized spacial score (nSPS) is 49.3. The lowest BCUT2D eigenvalue weighted by Gasteiger charge is -2.71. The molecule has 0 spiro atoms. The van der Waals surface area contributed by atoms with E-state index in [-0.39, 0.29) is 40.3 Å². The molecule has 0 saturated heterocycles. The lowest BCUT2D eigenvalue weighted by Crippen LogP contribution is -2.74. The summed E-state index contributed by atoms with van der Waals surface area (Å²) in [7, 11) is 1.65. The van der Waals surface area contributed by atoms with Crippen LogP contribution in [0.3, 0.4) is 0 Å². The molecular formula is C32H44N2O4. The number of nitriles is 1. The van der Waals surface area contributed by atoms with Crippen LogP contribution in [-0.2, 0) is 14.4 Å². The second kappa shape index (κ2) is 7.68. The van der Waals surface area contributed by atoms with Crippen molar-refractivity contribution in [3.05, 3.63) is 23.3 Å². The summed E-state index contributed by atoms with van der Waals surface area (Å²) in [6, 6.07) is 2.14. The SMILES string of the molecule is CNC(=O)[C@@]1(C)CC[C@]2(C)CC[C@@]3(C)[C@]4(C)CC[C@H]5C(C)(C)C(=O)C(C#N)=C[C@]5(C)C4=CC(=O)[C@]3(O)[C@@H]2C1. The first-order chi connectivity index (χ1) is 17.4. The van der Waals surface area contributed by atoms with Crippen molar-refractivity contribution in [3.63, 3.8) is 0 Å². The first-order valence-electron chi connectivity index (χ1n) is 14.3. The van der Waals surface area contributed by atoms with Gasteiger partial charge in [0.1, 0.15) is 11.7 Å². The standard InChI is InChI=1S/C32H44N2O4/c1-26(2)20-9-10-30(6)21(29(20,5)16-19(18-33)24(26)36)15-23(35)32(38)22-17-28(4,25(37)34-8)12-11-27(22,3)13-14-31(30,32)7/h15-16,20,22,38H,9-14,17H2,1-8H3,(H,34,37)/t20-,22+,27+,28-,29-,30+,31-,32+/m0/s1. The molecule has 8 atom stereocenters. The molecule has 6 nitrogen and oxygen atoms in total. The number of ketones is 2. The predicted octanol–water partition coefficient (Wildman–Crippen LogP) is 5.07. The Labute approximate surface area is 227 Å². The number of nitrogens with one attached hydrogen (secondary N) is 1. The van der Waals surface area contributed by atoms with E-state index in [1.54, 1.807) is 13.1 Å². The molecule has 0 aromatic carbocycles. The summed E-state index contributed by atoms with van der Waals surface area (Å²) in [6.07, 6.45) is 8.66. The number of carbonyl (C=O) groups excluding carboxylic acids is 3. The predicted molar refractivity (Wildman–Crippen MR) is 144 cm³/mol. The van der Waals surface area contributed by atoms with E-state index in [2.05, 4.69) is 39.1 Å². The van der Waals surface area contributed by atoms with Gasteiger partial charge in [0.25, 0.3) is 0 Å². The van der Waals surface area contributed by atoms with Crippen molar-refractivity contribution >= 4 is 17.5 Å². The van der Waals surface area contributed by atoms with Crippen molar-refractivity contribution in [1.29, 1.82) is 5.26 Å². The third kappa shape index (κ3) is 2.90. The number of fused-ring (bicyclic) bond motifs is 7. The maximum absolute atomic E-state index is 14.4. The minimum Gasteiger partial charge on any atom is -0.381 e. The van der Waals surface area contributed by atoms with Gasteiger partial charge in [-0.15, -0.1) is 0 Å². The summed E-state index contributed by atoms with van der Waals surface area (Å²) >= 11 is 0. The summed E-state index contributed by atoms with van der Waals surface area (Å²) < 4.78 is 0. The molecule has 5 aliphatic rings. The first-order valence-corrected chi connectivity index (χ1v) is 14.3. The zero-order valence-electron chi connectivity index (χ0n) is 24.4. The third-order valence-electron chi connectivity index (χ3n) is 13.0. The van der Waals surface area contributed by atoms with Crippen LogP contribution in [0.2, 0.25) is 0 Å². The van der Waals surface area contributed by atoms with Crippen LogP contribution in [0.15, 0.2) is 23.3 Å².